The second-order valence-electron chi connectivity index (χ2n) is 4.79. The van der Waals surface area contributed by atoms with E-state index >= 15 is 0 Å². The molecule has 2 aromatic carbocycles. The Balaban J connectivity index is 2.41. The van der Waals surface area contributed by atoms with Crippen LogP contribution >= 0.6 is 15.9 Å². The summed E-state index contributed by atoms with van der Waals surface area (Å²) in [6.45, 7) is 5.16. The Morgan fingerprint density at radius 1 is 1.15 bits per heavy atom. The molecule has 0 saturated carbocycles. The van der Waals surface area contributed by atoms with Gasteiger partial charge in [0.1, 0.15) is 5.75 Å². The van der Waals surface area contributed by atoms with Crippen molar-refractivity contribution in [2.75, 3.05) is 13.7 Å². The maximum absolute atomic E-state index is 5.23. The van der Waals surface area contributed by atoms with Gasteiger partial charge in [-0.05, 0) is 42.8 Å². The van der Waals surface area contributed by atoms with Crippen molar-refractivity contribution < 1.29 is 4.74 Å². The summed E-state index contributed by atoms with van der Waals surface area (Å²) in [5.41, 5.74) is 3.76. The van der Waals surface area contributed by atoms with Crippen LogP contribution in [0.2, 0.25) is 0 Å². The number of benzene rings is 2. The molecule has 20 heavy (non-hydrogen) atoms. The number of methoxy groups -OCH3 is 1. The van der Waals surface area contributed by atoms with Crippen LogP contribution in [0.1, 0.15) is 29.7 Å². The lowest BCUT2D eigenvalue weighted by Crippen LogP contribution is -2.22. The molecule has 0 amide bonds. The molecule has 0 aliphatic carbocycles. The van der Waals surface area contributed by atoms with E-state index in [9.17, 15) is 0 Å². The van der Waals surface area contributed by atoms with Gasteiger partial charge in [0, 0.05) is 4.47 Å². The van der Waals surface area contributed by atoms with Gasteiger partial charge < -0.3 is 10.1 Å². The van der Waals surface area contributed by atoms with Gasteiger partial charge >= 0.3 is 0 Å². The number of aryl methyl sites for hydroxylation is 1. The van der Waals surface area contributed by atoms with E-state index in [1.165, 1.54) is 16.7 Å². The highest BCUT2D eigenvalue weighted by Gasteiger charge is 2.16. The summed E-state index contributed by atoms with van der Waals surface area (Å²) in [6, 6.07) is 14.9. The van der Waals surface area contributed by atoms with Crippen molar-refractivity contribution in [3.63, 3.8) is 0 Å². The van der Waals surface area contributed by atoms with Crippen LogP contribution < -0.4 is 10.1 Å². The molecule has 106 valence electrons. The van der Waals surface area contributed by atoms with E-state index in [2.05, 4.69) is 65.4 Å². The van der Waals surface area contributed by atoms with Crippen LogP contribution in [0.3, 0.4) is 0 Å². The molecule has 3 heteroatoms. The third-order valence-corrected chi connectivity index (χ3v) is 4.04. The van der Waals surface area contributed by atoms with Gasteiger partial charge in [-0.2, -0.15) is 0 Å². The SMILES string of the molecule is CCNC(c1ccc(OC)cc1)c1cc(C)ccc1Br. The van der Waals surface area contributed by atoms with Crippen LogP contribution in [0.25, 0.3) is 0 Å². The molecule has 0 aliphatic heterocycles. The minimum Gasteiger partial charge on any atom is -0.497 e. The second-order valence-corrected chi connectivity index (χ2v) is 5.64. The van der Waals surface area contributed by atoms with Gasteiger partial charge in [0.25, 0.3) is 0 Å². The van der Waals surface area contributed by atoms with Crippen molar-refractivity contribution >= 4 is 15.9 Å². The van der Waals surface area contributed by atoms with E-state index in [-0.39, 0.29) is 6.04 Å². The highest BCUT2D eigenvalue weighted by atomic mass is 79.9. The average Bonchev–Trinajstić information content (AvgIpc) is 2.48. The third kappa shape index (κ3) is 3.41. The van der Waals surface area contributed by atoms with Crippen molar-refractivity contribution in [3.05, 3.63) is 63.6 Å². The summed E-state index contributed by atoms with van der Waals surface area (Å²) in [7, 11) is 1.69. The zero-order valence-corrected chi connectivity index (χ0v) is 13.7. The first-order chi connectivity index (χ1) is 9.65. The van der Waals surface area contributed by atoms with Gasteiger partial charge in [-0.25, -0.2) is 0 Å². The number of ether oxygens (including phenoxy) is 1. The molecule has 0 saturated heterocycles. The monoisotopic (exact) mass is 333 g/mol. The molecular weight excluding hydrogens is 314 g/mol. The topological polar surface area (TPSA) is 21.3 Å². The minimum absolute atomic E-state index is 0.181. The summed E-state index contributed by atoms with van der Waals surface area (Å²) in [5, 5.41) is 3.55. The molecule has 0 spiro atoms. The predicted molar refractivity (Wildman–Crippen MR) is 87.4 cm³/mol. The highest BCUT2D eigenvalue weighted by molar-refractivity contribution is 9.10. The van der Waals surface area contributed by atoms with Crippen molar-refractivity contribution in [2.24, 2.45) is 0 Å². The Morgan fingerprint density at radius 2 is 1.85 bits per heavy atom. The zero-order valence-electron chi connectivity index (χ0n) is 12.1. The van der Waals surface area contributed by atoms with E-state index < -0.39 is 0 Å². The quantitative estimate of drug-likeness (QED) is 0.871. The largest absolute Gasteiger partial charge is 0.497 e. The standard InChI is InChI=1S/C17H20BrNO/c1-4-19-17(13-6-8-14(20-3)9-7-13)15-11-12(2)5-10-16(15)18/h5-11,17,19H,4H2,1-3H3. The zero-order chi connectivity index (χ0) is 14.5. The number of halogens is 1. The fourth-order valence-electron chi connectivity index (χ4n) is 2.29. The molecule has 0 aromatic heterocycles. The Labute approximate surface area is 129 Å². The Morgan fingerprint density at radius 3 is 2.45 bits per heavy atom. The average molecular weight is 334 g/mol. The van der Waals surface area contributed by atoms with Crippen LogP contribution in [0.5, 0.6) is 5.75 Å². The van der Waals surface area contributed by atoms with Gasteiger partial charge in [0.05, 0.1) is 13.2 Å². The maximum Gasteiger partial charge on any atom is 0.118 e. The first kappa shape index (κ1) is 15.1. The highest BCUT2D eigenvalue weighted by Crippen LogP contribution is 2.30. The minimum atomic E-state index is 0.181. The van der Waals surface area contributed by atoms with Crippen LogP contribution in [0.15, 0.2) is 46.9 Å². The summed E-state index contributed by atoms with van der Waals surface area (Å²) >= 11 is 3.66. The summed E-state index contributed by atoms with van der Waals surface area (Å²) in [6.07, 6.45) is 0. The van der Waals surface area contributed by atoms with Crippen molar-refractivity contribution in [2.45, 2.75) is 19.9 Å². The lowest BCUT2D eigenvalue weighted by Gasteiger charge is -2.21. The molecule has 0 fully saturated rings. The maximum atomic E-state index is 5.23. The Hall–Kier alpha value is -1.32. The summed E-state index contributed by atoms with van der Waals surface area (Å²) in [5.74, 6) is 0.882. The van der Waals surface area contributed by atoms with Gasteiger partial charge in [0.2, 0.25) is 0 Å². The molecule has 0 bridgehead atoms. The van der Waals surface area contributed by atoms with Crippen LogP contribution in [-0.2, 0) is 0 Å². The van der Waals surface area contributed by atoms with Gasteiger partial charge in [-0.15, -0.1) is 0 Å². The molecule has 0 radical (unpaired) electrons. The number of hydrogen-bond donors (Lipinski definition) is 1. The molecule has 0 aliphatic rings. The number of rotatable bonds is 5. The normalized spacial score (nSPS) is 12.2. The van der Waals surface area contributed by atoms with E-state index in [0.717, 1.165) is 16.8 Å². The Bertz CT molecular complexity index is 566. The number of hydrogen-bond acceptors (Lipinski definition) is 2. The first-order valence-electron chi connectivity index (χ1n) is 6.79. The lowest BCUT2D eigenvalue weighted by atomic mass is 9.97. The van der Waals surface area contributed by atoms with Crippen LogP contribution in [0, 0.1) is 6.92 Å². The smallest absolute Gasteiger partial charge is 0.118 e. The fourth-order valence-corrected chi connectivity index (χ4v) is 2.77. The van der Waals surface area contributed by atoms with Crippen molar-refractivity contribution in [1.29, 1.82) is 0 Å². The molecule has 2 nitrogen and oxygen atoms in total. The van der Waals surface area contributed by atoms with E-state index in [4.69, 9.17) is 4.74 Å². The molecule has 1 unspecified atom stereocenters. The molecule has 1 atom stereocenters. The third-order valence-electron chi connectivity index (χ3n) is 3.32. The van der Waals surface area contributed by atoms with E-state index in [1.54, 1.807) is 7.11 Å². The van der Waals surface area contributed by atoms with Gasteiger partial charge in [-0.1, -0.05) is 52.7 Å². The predicted octanol–water partition coefficient (Wildman–Crippen LogP) is 4.47. The van der Waals surface area contributed by atoms with Crippen molar-refractivity contribution in [3.8, 4) is 5.75 Å². The fraction of sp³-hybridized carbons (Fsp3) is 0.294. The molecule has 2 aromatic rings. The van der Waals surface area contributed by atoms with E-state index in [1.807, 2.05) is 12.1 Å². The van der Waals surface area contributed by atoms with Crippen LogP contribution in [0.4, 0.5) is 0 Å². The molecular formula is C17H20BrNO. The molecule has 2 rings (SSSR count). The Kier molecular flexibility index (Phi) is 5.21. The van der Waals surface area contributed by atoms with Gasteiger partial charge in [-0.3, -0.25) is 0 Å². The van der Waals surface area contributed by atoms with Crippen LogP contribution in [-0.4, -0.2) is 13.7 Å². The molecule has 1 N–H and O–H groups in total. The van der Waals surface area contributed by atoms with Gasteiger partial charge in [0.15, 0.2) is 0 Å². The van der Waals surface area contributed by atoms with E-state index in [0.29, 0.717) is 0 Å². The summed E-state index contributed by atoms with van der Waals surface area (Å²) < 4.78 is 6.36. The first-order valence-corrected chi connectivity index (χ1v) is 7.58. The number of nitrogens with one attached hydrogen (secondary N) is 1. The summed E-state index contributed by atoms with van der Waals surface area (Å²) in [4.78, 5) is 0. The lowest BCUT2D eigenvalue weighted by molar-refractivity contribution is 0.414. The van der Waals surface area contributed by atoms with Crippen molar-refractivity contribution in [1.82, 2.24) is 5.32 Å². The molecule has 0 heterocycles. The second kappa shape index (κ2) is 6.91.